The molecule has 0 bridgehead atoms. The van der Waals surface area contributed by atoms with Gasteiger partial charge in [0.15, 0.2) is 0 Å². The van der Waals surface area contributed by atoms with E-state index in [-0.39, 0.29) is 17.9 Å². The summed E-state index contributed by atoms with van der Waals surface area (Å²) >= 11 is 0. The maximum Gasteiger partial charge on any atom is 0.133 e. The molecule has 1 unspecified atom stereocenters. The summed E-state index contributed by atoms with van der Waals surface area (Å²) in [5.74, 6) is 1.08. The van der Waals surface area contributed by atoms with Crippen LogP contribution in [-0.2, 0) is 6.54 Å². The second kappa shape index (κ2) is 7.09. The molecule has 1 aromatic carbocycles. The predicted molar refractivity (Wildman–Crippen MR) is 83.4 cm³/mol. The molecule has 4 nitrogen and oxygen atoms in total. The van der Waals surface area contributed by atoms with Gasteiger partial charge in [0.2, 0.25) is 0 Å². The number of aromatic hydroxyl groups is 1. The monoisotopic (exact) mass is 286 g/mol. The van der Waals surface area contributed by atoms with Gasteiger partial charge >= 0.3 is 0 Å². The highest BCUT2D eigenvalue weighted by Gasteiger charge is 2.06. The zero-order valence-electron chi connectivity index (χ0n) is 12.7. The fraction of sp³-hybridized carbons (Fsp3) is 0.353. The van der Waals surface area contributed by atoms with Crippen LogP contribution in [0.4, 0.5) is 0 Å². The number of hydrogen-bond acceptors (Lipinski definition) is 4. The fourth-order valence-electron chi connectivity index (χ4n) is 2.00. The first-order valence-electron chi connectivity index (χ1n) is 7.18. The summed E-state index contributed by atoms with van der Waals surface area (Å²) < 4.78 is 5.64. The molecule has 112 valence electrons. The molecule has 0 saturated heterocycles. The minimum atomic E-state index is 0.187. The van der Waals surface area contributed by atoms with Crippen molar-refractivity contribution in [2.45, 2.75) is 39.5 Å². The molecule has 0 amide bonds. The smallest absolute Gasteiger partial charge is 0.133 e. The van der Waals surface area contributed by atoms with E-state index >= 15 is 0 Å². The Morgan fingerprint density at radius 3 is 2.38 bits per heavy atom. The number of nitrogens with zero attached hydrogens (tertiary/aromatic N) is 1. The lowest BCUT2D eigenvalue weighted by Gasteiger charge is -2.15. The van der Waals surface area contributed by atoms with E-state index in [0.29, 0.717) is 6.54 Å². The Hall–Kier alpha value is -2.07. The molecule has 0 saturated carbocycles. The number of hydrogen-bond donors (Lipinski definition) is 2. The normalized spacial score (nSPS) is 12.4. The van der Waals surface area contributed by atoms with Crippen LogP contribution in [0.25, 0.3) is 0 Å². The maximum absolute atomic E-state index is 9.21. The van der Waals surface area contributed by atoms with Crippen LogP contribution in [0.1, 0.15) is 38.1 Å². The molecule has 0 aliphatic carbocycles. The molecule has 0 spiro atoms. The minimum Gasteiger partial charge on any atom is -0.506 e. The highest BCUT2D eigenvalue weighted by molar-refractivity contribution is 5.29. The molecular formula is C17H22N2O2. The molecule has 4 heteroatoms. The number of nitrogens with one attached hydrogen (secondary N) is 1. The van der Waals surface area contributed by atoms with Gasteiger partial charge in [0.1, 0.15) is 11.5 Å². The van der Waals surface area contributed by atoms with Gasteiger partial charge in [-0.1, -0.05) is 12.1 Å². The molecule has 2 rings (SSSR count). The first-order chi connectivity index (χ1) is 10.0. The van der Waals surface area contributed by atoms with E-state index in [0.717, 1.165) is 11.4 Å². The van der Waals surface area contributed by atoms with Crippen molar-refractivity contribution >= 4 is 0 Å². The van der Waals surface area contributed by atoms with Gasteiger partial charge in [-0.15, -0.1) is 0 Å². The maximum atomic E-state index is 9.21. The van der Waals surface area contributed by atoms with E-state index < -0.39 is 0 Å². The van der Waals surface area contributed by atoms with Crippen LogP contribution in [-0.4, -0.2) is 16.2 Å². The van der Waals surface area contributed by atoms with E-state index in [2.05, 4.69) is 29.4 Å². The lowest BCUT2D eigenvalue weighted by Crippen LogP contribution is -2.18. The van der Waals surface area contributed by atoms with Gasteiger partial charge < -0.3 is 15.2 Å². The SMILES string of the molecule is CC(C)Oc1ccc(C(C)NCc2ccc(O)cn2)cc1. The first kappa shape index (κ1) is 15.3. The van der Waals surface area contributed by atoms with Crippen LogP contribution >= 0.6 is 0 Å². The van der Waals surface area contributed by atoms with Gasteiger partial charge in [0.05, 0.1) is 18.0 Å². The van der Waals surface area contributed by atoms with Crippen molar-refractivity contribution in [3.63, 3.8) is 0 Å². The molecule has 0 aliphatic heterocycles. The summed E-state index contributed by atoms with van der Waals surface area (Å²) in [5.41, 5.74) is 2.10. The van der Waals surface area contributed by atoms with Crippen LogP contribution in [0.3, 0.4) is 0 Å². The van der Waals surface area contributed by atoms with Gasteiger partial charge in [0, 0.05) is 12.6 Å². The second-order valence-corrected chi connectivity index (χ2v) is 5.35. The van der Waals surface area contributed by atoms with Gasteiger partial charge in [-0.3, -0.25) is 4.98 Å². The summed E-state index contributed by atoms with van der Waals surface area (Å²) in [6.45, 7) is 6.80. The third-order valence-corrected chi connectivity index (χ3v) is 3.15. The summed E-state index contributed by atoms with van der Waals surface area (Å²) in [5, 5.41) is 12.6. The van der Waals surface area contributed by atoms with E-state index in [1.165, 1.54) is 11.8 Å². The van der Waals surface area contributed by atoms with Crippen LogP contribution < -0.4 is 10.1 Å². The van der Waals surface area contributed by atoms with Gasteiger partial charge in [0.25, 0.3) is 0 Å². The zero-order chi connectivity index (χ0) is 15.2. The number of ether oxygens (including phenoxy) is 1. The van der Waals surface area contributed by atoms with Crippen LogP contribution in [0.5, 0.6) is 11.5 Å². The number of aromatic nitrogens is 1. The third-order valence-electron chi connectivity index (χ3n) is 3.15. The standard InChI is InChI=1S/C17H22N2O2/c1-12(2)21-17-8-4-14(5-9-17)13(3)18-10-15-6-7-16(20)11-19-15/h4-9,11-13,18,20H,10H2,1-3H3. The lowest BCUT2D eigenvalue weighted by atomic mass is 10.1. The molecule has 1 atom stereocenters. The highest BCUT2D eigenvalue weighted by atomic mass is 16.5. The highest BCUT2D eigenvalue weighted by Crippen LogP contribution is 2.19. The van der Waals surface area contributed by atoms with Crippen LogP contribution in [0, 0.1) is 0 Å². The van der Waals surface area contributed by atoms with E-state index in [4.69, 9.17) is 4.74 Å². The third kappa shape index (κ3) is 4.76. The van der Waals surface area contributed by atoms with Gasteiger partial charge in [-0.25, -0.2) is 0 Å². The average Bonchev–Trinajstić information content (AvgIpc) is 2.46. The van der Waals surface area contributed by atoms with E-state index in [1.54, 1.807) is 6.07 Å². The van der Waals surface area contributed by atoms with Crippen molar-refractivity contribution < 1.29 is 9.84 Å². The first-order valence-corrected chi connectivity index (χ1v) is 7.18. The Kier molecular flexibility index (Phi) is 5.17. The minimum absolute atomic E-state index is 0.187. The second-order valence-electron chi connectivity index (χ2n) is 5.35. The molecule has 0 aliphatic rings. The van der Waals surface area contributed by atoms with Crippen molar-refractivity contribution in [2.24, 2.45) is 0 Å². The largest absolute Gasteiger partial charge is 0.506 e. The Morgan fingerprint density at radius 1 is 1.10 bits per heavy atom. The zero-order valence-corrected chi connectivity index (χ0v) is 12.7. The summed E-state index contributed by atoms with van der Waals surface area (Å²) in [6.07, 6.45) is 1.65. The van der Waals surface area contributed by atoms with Crippen molar-refractivity contribution in [1.29, 1.82) is 0 Å². The summed E-state index contributed by atoms with van der Waals surface area (Å²) in [7, 11) is 0. The molecule has 1 aromatic heterocycles. The number of pyridine rings is 1. The Bertz CT molecular complexity index is 550. The van der Waals surface area contributed by atoms with Crippen molar-refractivity contribution in [1.82, 2.24) is 10.3 Å². The van der Waals surface area contributed by atoms with Crippen LogP contribution in [0.2, 0.25) is 0 Å². The lowest BCUT2D eigenvalue weighted by molar-refractivity contribution is 0.242. The number of benzene rings is 1. The predicted octanol–water partition coefficient (Wildman–Crippen LogP) is 3.43. The van der Waals surface area contributed by atoms with Crippen molar-refractivity contribution in [3.8, 4) is 11.5 Å². The average molecular weight is 286 g/mol. The van der Waals surface area contributed by atoms with Crippen molar-refractivity contribution in [3.05, 3.63) is 53.9 Å². The van der Waals surface area contributed by atoms with E-state index in [9.17, 15) is 5.11 Å². The van der Waals surface area contributed by atoms with E-state index in [1.807, 2.05) is 32.0 Å². The van der Waals surface area contributed by atoms with Crippen LogP contribution in [0.15, 0.2) is 42.6 Å². The Labute approximate surface area is 125 Å². The Balaban J connectivity index is 1.90. The van der Waals surface area contributed by atoms with Gasteiger partial charge in [-0.05, 0) is 50.6 Å². The molecule has 2 aromatic rings. The summed E-state index contributed by atoms with van der Waals surface area (Å²) in [4.78, 5) is 4.16. The molecule has 0 radical (unpaired) electrons. The fourth-order valence-corrected chi connectivity index (χ4v) is 2.00. The molecule has 1 heterocycles. The van der Waals surface area contributed by atoms with Gasteiger partial charge in [-0.2, -0.15) is 0 Å². The number of rotatable bonds is 6. The molecule has 21 heavy (non-hydrogen) atoms. The topological polar surface area (TPSA) is 54.4 Å². The molecule has 0 fully saturated rings. The Morgan fingerprint density at radius 2 is 1.81 bits per heavy atom. The molecular weight excluding hydrogens is 264 g/mol. The summed E-state index contributed by atoms with van der Waals surface area (Å²) in [6, 6.07) is 11.8. The molecule has 2 N–H and O–H groups in total. The quantitative estimate of drug-likeness (QED) is 0.854. The van der Waals surface area contributed by atoms with Crippen molar-refractivity contribution in [2.75, 3.05) is 0 Å².